The molecule has 37 heavy (non-hydrogen) atoms. The van der Waals surface area contributed by atoms with Crippen LogP contribution in [0.3, 0.4) is 0 Å². The van der Waals surface area contributed by atoms with E-state index in [1.54, 1.807) is 0 Å². The van der Waals surface area contributed by atoms with Crippen molar-refractivity contribution in [1.29, 1.82) is 0 Å². The van der Waals surface area contributed by atoms with E-state index in [1.165, 1.54) is 0 Å². The molecule has 2 aromatic rings. The van der Waals surface area contributed by atoms with Crippen LogP contribution in [0.5, 0.6) is 5.75 Å². The lowest BCUT2D eigenvalue weighted by Gasteiger charge is -2.12. The van der Waals surface area contributed by atoms with E-state index in [0.29, 0.717) is 0 Å². The van der Waals surface area contributed by atoms with Gasteiger partial charge in [-0.2, -0.15) is 35.1 Å². The van der Waals surface area contributed by atoms with Crippen LogP contribution in [0.1, 0.15) is 20.7 Å². The van der Waals surface area contributed by atoms with Gasteiger partial charge in [-0.05, 0) is 0 Å². The van der Waals surface area contributed by atoms with Crippen LogP contribution in [0.4, 0.5) is 65.9 Å². The van der Waals surface area contributed by atoms with Crippen LogP contribution in [0.15, 0.2) is 0 Å². The standard InChI is InChI=1S/C9H3F7O2.C7HF5O.C2H3F3O/c10-4-3(1-17)5(11)7(13)8(6(4)12)18-2-9(14,15)16;8-3-2(1-13)4(9)6(11)7(12)5(3)10;3-2(4,5)1-6/h1H,2H2;1H;6H,1H2. The Labute approximate surface area is 193 Å². The SMILES string of the molecule is O=Cc1c(F)c(F)c(F)c(F)c1F.O=Cc1c(F)c(F)c(OCC(F)(F)F)c(F)c1F.OCC(F)(F)F. The highest BCUT2D eigenvalue weighted by molar-refractivity contribution is 5.76. The molecule has 19 heteroatoms. The van der Waals surface area contributed by atoms with Gasteiger partial charge in [-0.3, -0.25) is 9.59 Å². The van der Waals surface area contributed by atoms with E-state index in [1.807, 2.05) is 0 Å². The fraction of sp³-hybridized carbons (Fsp3) is 0.222. The van der Waals surface area contributed by atoms with Crippen LogP contribution in [0.2, 0.25) is 0 Å². The molecule has 0 fully saturated rings. The molecule has 1 N–H and O–H groups in total. The third-order valence-electron chi connectivity index (χ3n) is 3.30. The lowest BCUT2D eigenvalue weighted by Crippen LogP contribution is -2.21. The molecule has 0 radical (unpaired) electrons. The van der Waals surface area contributed by atoms with Gasteiger partial charge in [-0.1, -0.05) is 0 Å². The van der Waals surface area contributed by atoms with Gasteiger partial charge < -0.3 is 9.84 Å². The minimum atomic E-state index is -4.95. The molecule has 2 aromatic carbocycles. The summed E-state index contributed by atoms with van der Waals surface area (Å²) >= 11 is 0. The van der Waals surface area contributed by atoms with E-state index >= 15 is 0 Å². The zero-order chi connectivity index (χ0) is 29.5. The maximum atomic E-state index is 13.0. The summed E-state index contributed by atoms with van der Waals surface area (Å²) in [7, 11) is 0. The lowest BCUT2D eigenvalue weighted by atomic mass is 10.2. The zero-order valence-electron chi connectivity index (χ0n) is 16.9. The Balaban J connectivity index is 0.000000594. The number of carbonyl (C=O) groups is 2. The van der Waals surface area contributed by atoms with Crippen molar-refractivity contribution in [3.8, 4) is 5.75 Å². The number of aldehydes is 2. The minimum Gasteiger partial charge on any atom is -0.478 e. The number of rotatable bonds is 4. The molecule has 0 aliphatic rings. The third kappa shape index (κ3) is 9.14. The predicted octanol–water partition coefficient (Wildman–Crippen LogP) is 5.73. The van der Waals surface area contributed by atoms with Crippen molar-refractivity contribution in [3.05, 3.63) is 63.5 Å². The molecule has 0 unspecified atom stereocenters. The first-order valence-electron chi connectivity index (χ1n) is 8.40. The lowest BCUT2D eigenvalue weighted by molar-refractivity contribution is -0.159. The Hall–Kier alpha value is -3.51. The molecule has 0 saturated heterocycles. The normalized spacial score (nSPS) is 11.1. The number of benzene rings is 2. The van der Waals surface area contributed by atoms with Crippen LogP contribution in [-0.2, 0) is 0 Å². The summed E-state index contributed by atoms with van der Waals surface area (Å²) < 4.78 is 184. The summed E-state index contributed by atoms with van der Waals surface area (Å²) in [5.41, 5.74) is -3.03. The first-order chi connectivity index (χ1) is 16.7. The van der Waals surface area contributed by atoms with E-state index in [4.69, 9.17) is 5.11 Å². The number of hydrogen-bond donors (Lipinski definition) is 1. The number of ether oxygens (including phenoxy) is 1. The molecule has 208 valence electrons. The van der Waals surface area contributed by atoms with E-state index in [9.17, 15) is 75.4 Å². The number of aliphatic hydroxyl groups excluding tert-OH is 1. The number of carbonyl (C=O) groups excluding carboxylic acids is 2. The Morgan fingerprint density at radius 3 is 1.05 bits per heavy atom. The van der Waals surface area contributed by atoms with E-state index < -0.39 is 107 Å². The molecule has 0 spiro atoms. The summed E-state index contributed by atoms with van der Waals surface area (Å²) in [6.45, 7) is -3.87. The second-order valence-corrected chi connectivity index (χ2v) is 5.90. The van der Waals surface area contributed by atoms with E-state index in [-0.39, 0.29) is 0 Å². The molecular weight excluding hydrogens is 565 g/mol. The minimum absolute atomic E-state index is 0.434. The van der Waals surface area contributed by atoms with Crippen molar-refractivity contribution in [2.75, 3.05) is 13.2 Å². The van der Waals surface area contributed by atoms with Gasteiger partial charge in [0.05, 0.1) is 11.1 Å². The highest BCUT2D eigenvalue weighted by Crippen LogP contribution is 2.30. The average Bonchev–Trinajstić information content (AvgIpc) is 2.80. The van der Waals surface area contributed by atoms with Crippen LogP contribution in [0, 0.1) is 52.4 Å². The second kappa shape index (κ2) is 13.2. The molecule has 0 saturated carbocycles. The van der Waals surface area contributed by atoms with Gasteiger partial charge in [0.1, 0.15) is 6.61 Å². The summed E-state index contributed by atoms with van der Waals surface area (Å²) in [4.78, 5) is 20.1. The van der Waals surface area contributed by atoms with Gasteiger partial charge in [-0.25, -0.2) is 30.7 Å². The molecule has 2 rings (SSSR count). The monoisotopic (exact) mass is 572 g/mol. The Morgan fingerprint density at radius 1 is 0.541 bits per heavy atom. The van der Waals surface area contributed by atoms with Gasteiger partial charge >= 0.3 is 12.4 Å². The van der Waals surface area contributed by atoms with Gasteiger partial charge in [0.2, 0.25) is 17.5 Å². The second-order valence-electron chi connectivity index (χ2n) is 5.90. The maximum absolute atomic E-state index is 13.0. The molecule has 0 bridgehead atoms. The van der Waals surface area contributed by atoms with Crippen LogP contribution in [0.25, 0.3) is 0 Å². The quantitative estimate of drug-likeness (QED) is 0.220. The molecule has 4 nitrogen and oxygen atoms in total. The maximum Gasteiger partial charge on any atom is 0.422 e. The molecule has 0 atom stereocenters. The first-order valence-corrected chi connectivity index (χ1v) is 8.40. The van der Waals surface area contributed by atoms with Crippen LogP contribution < -0.4 is 4.74 Å². The van der Waals surface area contributed by atoms with Gasteiger partial charge in [0.25, 0.3) is 0 Å². The summed E-state index contributed by atoms with van der Waals surface area (Å²) in [6, 6.07) is 0. The number of hydrogen-bond acceptors (Lipinski definition) is 4. The fourth-order valence-electron chi connectivity index (χ4n) is 1.74. The average molecular weight is 572 g/mol. The molecule has 0 heterocycles. The topological polar surface area (TPSA) is 63.6 Å². The van der Waals surface area contributed by atoms with Crippen LogP contribution in [-0.4, -0.2) is 43.2 Å². The molecule has 0 amide bonds. The van der Waals surface area contributed by atoms with E-state index in [2.05, 4.69) is 4.74 Å². The first kappa shape index (κ1) is 33.5. The van der Waals surface area contributed by atoms with Crippen LogP contribution >= 0.6 is 0 Å². The predicted molar refractivity (Wildman–Crippen MR) is 88.0 cm³/mol. The van der Waals surface area contributed by atoms with E-state index in [0.717, 1.165) is 0 Å². The van der Waals surface area contributed by atoms with Crippen molar-refractivity contribution in [2.24, 2.45) is 0 Å². The van der Waals surface area contributed by atoms with Crippen molar-refractivity contribution < 1.29 is 85.3 Å². The highest BCUT2D eigenvalue weighted by atomic mass is 19.4. The third-order valence-corrected chi connectivity index (χ3v) is 3.30. The van der Waals surface area contributed by atoms with Gasteiger partial charge in [0, 0.05) is 0 Å². The van der Waals surface area contributed by atoms with Crippen molar-refractivity contribution in [1.82, 2.24) is 0 Å². The summed E-state index contributed by atoms with van der Waals surface area (Å²) in [5.74, 6) is -21.3. The van der Waals surface area contributed by atoms with Gasteiger partial charge in [-0.15, -0.1) is 0 Å². The smallest absolute Gasteiger partial charge is 0.422 e. The number of aliphatic hydroxyl groups is 1. The number of halogens is 15. The Bertz CT molecular complexity index is 1070. The Morgan fingerprint density at radius 2 is 0.811 bits per heavy atom. The molecule has 0 aliphatic carbocycles. The summed E-state index contributed by atoms with van der Waals surface area (Å²) in [5, 5.41) is 7.28. The summed E-state index contributed by atoms with van der Waals surface area (Å²) in [6.07, 6.45) is -10.3. The van der Waals surface area contributed by atoms with Gasteiger partial charge in [0.15, 0.2) is 59.8 Å². The van der Waals surface area contributed by atoms with Crippen molar-refractivity contribution in [2.45, 2.75) is 12.4 Å². The largest absolute Gasteiger partial charge is 0.478 e. The highest BCUT2D eigenvalue weighted by Gasteiger charge is 2.32. The fourth-order valence-corrected chi connectivity index (χ4v) is 1.74. The Kier molecular flexibility index (Phi) is 11.9. The molecule has 0 aliphatic heterocycles. The molecule has 0 aromatic heterocycles. The zero-order valence-corrected chi connectivity index (χ0v) is 16.9. The molecular formula is C18H7F15O4. The van der Waals surface area contributed by atoms with Crippen molar-refractivity contribution in [3.63, 3.8) is 0 Å². The number of alkyl halides is 6. The van der Waals surface area contributed by atoms with Crippen molar-refractivity contribution >= 4 is 12.6 Å².